The van der Waals surface area contributed by atoms with Crippen molar-refractivity contribution < 1.29 is 55.4 Å². The molecule has 0 spiro atoms. The molecule has 16 heteroatoms. The van der Waals surface area contributed by atoms with Crippen LogP contribution in [0.1, 0.15) is 23.8 Å². The molecule has 0 saturated carbocycles. The molecule has 2 fully saturated rings. The molecule has 4 heterocycles. The van der Waals surface area contributed by atoms with E-state index in [2.05, 4.69) is 45.4 Å². The number of likely N-dealkylation sites (tertiary alicyclic amines) is 1. The lowest BCUT2D eigenvalue weighted by Crippen LogP contribution is -2.25. The first-order valence-electron chi connectivity index (χ1n) is 11.7. The van der Waals surface area contributed by atoms with Gasteiger partial charge in [-0.3, -0.25) is 9.88 Å². The number of aromatic nitrogens is 3. The molecule has 40 heavy (non-hydrogen) atoms. The van der Waals surface area contributed by atoms with E-state index in [1.165, 1.54) is 5.39 Å². The Hall–Kier alpha value is -3.79. The molecule has 2 aliphatic rings. The number of halogens is 6. The topological polar surface area (TPSA) is 139 Å². The molecule has 3 atom stereocenters. The lowest BCUT2D eigenvalue weighted by atomic mass is 10.0. The number of fused-ring (bicyclic) bond motifs is 2. The quantitative estimate of drug-likeness (QED) is 0.437. The second-order valence-electron chi connectivity index (χ2n) is 9.03. The van der Waals surface area contributed by atoms with Crippen LogP contribution in [-0.2, 0) is 27.3 Å². The highest BCUT2D eigenvalue weighted by Gasteiger charge is 2.42. The van der Waals surface area contributed by atoms with Gasteiger partial charge in [0, 0.05) is 30.9 Å². The standard InChI is InChI=1S/C20H22N4O2.2C2HF3O2/c1-13-21-20(26-23-13)9-17-8-15-10-24(12-19(15)25-17)11-16-7-6-14-4-2-3-5-18(14)22-16;2*3-2(4,5)1(6)7/h2-7,15,17,19H,8-12H2,1H3;2*(H,6,7)/t15-,17+,19+;;/m0../s1. The molecule has 3 aromatic rings. The highest BCUT2D eigenvalue weighted by molar-refractivity contribution is 5.78. The zero-order valence-electron chi connectivity index (χ0n) is 20.8. The van der Waals surface area contributed by atoms with Crippen molar-refractivity contribution in [1.29, 1.82) is 0 Å². The Morgan fingerprint density at radius 2 is 1.60 bits per heavy atom. The van der Waals surface area contributed by atoms with Gasteiger partial charge in [0.25, 0.3) is 0 Å². The van der Waals surface area contributed by atoms with Crippen molar-refractivity contribution in [2.24, 2.45) is 5.92 Å². The Bertz CT molecular complexity index is 1280. The number of pyridine rings is 1. The average Bonchev–Trinajstić information content (AvgIpc) is 3.53. The van der Waals surface area contributed by atoms with E-state index in [4.69, 9.17) is 34.0 Å². The molecule has 2 N–H and O–H groups in total. The number of nitrogens with zero attached hydrogens (tertiary/aromatic N) is 4. The molecular formula is C24H24F6N4O6. The van der Waals surface area contributed by atoms with Gasteiger partial charge in [0.15, 0.2) is 5.82 Å². The van der Waals surface area contributed by atoms with E-state index in [9.17, 15) is 26.3 Å². The molecule has 2 saturated heterocycles. The number of hydrogen-bond acceptors (Lipinski definition) is 8. The highest BCUT2D eigenvalue weighted by Crippen LogP contribution is 2.34. The molecule has 5 rings (SSSR count). The zero-order chi connectivity index (χ0) is 29.7. The summed E-state index contributed by atoms with van der Waals surface area (Å²) in [5.41, 5.74) is 2.19. The fourth-order valence-corrected chi connectivity index (χ4v) is 4.25. The van der Waals surface area contributed by atoms with Crippen molar-refractivity contribution in [3.8, 4) is 0 Å². The van der Waals surface area contributed by atoms with E-state index >= 15 is 0 Å². The molecule has 10 nitrogen and oxygen atoms in total. The first kappa shape index (κ1) is 30.7. The van der Waals surface area contributed by atoms with Gasteiger partial charge in [0.2, 0.25) is 5.89 Å². The predicted molar refractivity (Wildman–Crippen MR) is 124 cm³/mol. The van der Waals surface area contributed by atoms with Gasteiger partial charge in [-0.2, -0.15) is 31.3 Å². The van der Waals surface area contributed by atoms with Gasteiger partial charge in [0.05, 0.1) is 29.8 Å². The number of rotatable bonds is 4. The first-order chi connectivity index (χ1) is 18.6. The third-order valence-electron chi connectivity index (χ3n) is 5.89. The number of alkyl halides is 6. The lowest BCUT2D eigenvalue weighted by Gasteiger charge is -2.18. The van der Waals surface area contributed by atoms with Crippen molar-refractivity contribution in [3.05, 3.63) is 53.8 Å². The van der Waals surface area contributed by atoms with Gasteiger partial charge >= 0.3 is 24.3 Å². The molecule has 0 aliphatic carbocycles. The molecule has 0 radical (unpaired) electrons. The Morgan fingerprint density at radius 3 is 2.15 bits per heavy atom. The van der Waals surface area contributed by atoms with Crippen molar-refractivity contribution in [1.82, 2.24) is 20.0 Å². The minimum Gasteiger partial charge on any atom is -0.475 e. The van der Waals surface area contributed by atoms with Crippen LogP contribution in [0.5, 0.6) is 0 Å². The van der Waals surface area contributed by atoms with Gasteiger partial charge < -0.3 is 19.5 Å². The van der Waals surface area contributed by atoms with E-state index in [1.807, 2.05) is 13.0 Å². The maximum Gasteiger partial charge on any atom is 0.490 e. The van der Waals surface area contributed by atoms with Crippen LogP contribution in [0.4, 0.5) is 26.3 Å². The summed E-state index contributed by atoms with van der Waals surface area (Å²) in [5.74, 6) is -3.55. The highest BCUT2D eigenvalue weighted by atomic mass is 19.4. The Labute approximate surface area is 222 Å². The fraction of sp³-hybridized carbons (Fsp3) is 0.458. The number of benzene rings is 1. The van der Waals surface area contributed by atoms with Gasteiger partial charge in [-0.1, -0.05) is 29.4 Å². The Kier molecular flexibility index (Phi) is 9.68. The average molecular weight is 578 g/mol. The zero-order valence-corrected chi connectivity index (χ0v) is 20.8. The summed E-state index contributed by atoms with van der Waals surface area (Å²) in [6, 6.07) is 12.6. The molecule has 2 aromatic heterocycles. The number of hydrogen-bond donors (Lipinski definition) is 2. The minimum absolute atomic E-state index is 0.200. The predicted octanol–water partition coefficient (Wildman–Crippen LogP) is 4.02. The molecule has 1 aromatic carbocycles. The van der Waals surface area contributed by atoms with E-state index in [0.29, 0.717) is 23.7 Å². The summed E-state index contributed by atoms with van der Waals surface area (Å²) in [4.78, 5) is 29.3. The maximum atomic E-state index is 10.6. The van der Waals surface area contributed by atoms with Crippen molar-refractivity contribution in [3.63, 3.8) is 0 Å². The largest absolute Gasteiger partial charge is 0.490 e. The normalized spacial score (nSPS) is 20.7. The monoisotopic (exact) mass is 578 g/mol. The van der Waals surface area contributed by atoms with Crippen LogP contribution in [0.3, 0.4) is 0 Å². The Morgan fingerprint density at radius 1 is 0.975 bits per heavy atom. The summed E-state index contributed by atoms with van der Waals surface area (Å²) in [7, 11) is 0. The number of ether oxygens (including phenoxy) is 1. The molecule has 218 valence electrons. The lowest BCUT2D eigenvalue weighted by molar-refractivity contribution is -0.193. The molecule has 0 bridgehead atoms. The number of carboxylic acid groups (broad SMARTS) is 2. The number of aryl methyl sites for hydroxylation is 1. The van der Waals surface area contributed by atoms with Crippen LogP contribution < -0.4 is 0 Å². The van der Waals surface area contributed by atoms with Crippen LogP contribution >= 0.6 is 0 Å². The minimum atomic E-state index is -5.08. The van der Waals surface area contributed by atoms with Crippen LogP contribution in [0.15, 0.2) is 40.9 Å². The van der Waals surface area contributed by atoms with Crippen LogP contribution in [0.2, 0.25) is 0 Å². The molecular weight excluding hydrogens is 554 g/mol. The molecule has 0 amide bonds. The fourth-order valence-electron chi connectivity index (χ4n) is 4.25. The summed E-state index contributed by atoms with van der Waals surface area (Å²) < 4.78 is 74.9. The van der Waals surface area contributed by atoms with Crippen molar-refractivity contribution >= 4 is 22.8 Å². The van der Waals surface area contributed by atoms with Gasteiger partial charge in [-0.25, -0.2) is 9.59 Å². The SMILES string of the molecule is Cc1noc(C[C@H]2C[C@H]3CN(Cc4ccc5ccccc5n4)C[C@H]3O2)n1.O=C(O)C(F)(F)F.O=C(O)C(F)(F)F. The number of aliphatic carboxylic acids is 2. The summed E-state index contributed by atoms with van der Waals surface area (Å²) >= 11 is 0. The van der Waals surface area contributed by atoms with Crippen LogP contribution in [-0.4, -0.2) is 79.8 Å². The van der Waals surface area contributed by atoms with Gasteiger partial charge in [-0.15, -0.1) is 0 Å². The van der Waals surface area contributed by atoms with E-state index in [0.717, 1.165) is 43.7 Å². The smallest absolute Gasteiger partial charge is 0.475 e. The van der Waals surface area contributed by atoms with Crippen LogP contribution in [0, 0.1) is 12.8 Å². The third-order valence-corrected chi connectivity index (χ3v) is 5.89. The van der Waals surface area contributed by atoms with Gasteiger partial charge in [0.1, 0.15) is 0 Å². The summed E-state index contributed by atoms with van der Waals surface area (Å²) in [6.07, 6.45) is -7.87. The molecule has 2 aliphatic heterocycles. The third kappa shape index (κ3) is 8.87. The number of carboxylic acids is 2. The van der Waals surface area contributed by atoms with E-state index < -0.39 is 24.3 Å². The second kappa shape index (κ2) is 12.6. The van der Waals surface area contributed by atoms with Gasteiger partial charge in [-0.05, 0) is 25.5 Å². The van der Waals surface area contributed by atoms with E-state index in [-0.39, 0.29) is 6.10 Å². The Balaban J connectivity index is 0.000000263. The van der Waals surface area contributed by atoms with Crippen molar-refractivity contribution in [2.75, 3.05) is 13.1 Å². The number of carbonyl (C=O) groups is 2. The van der Waals surface area contributed by atoms with Crippen LogP contribution in [0.25, 0.3) is 10.9 Å². The summed E-state index contributed by atoms with van der Waals surface area (Å²) in [5, 5.41) is 19.3. The number of para-hydroxylation sites is 1. The summed E-state index contributed by atoms with van der Waals surface area (Å²) in [6.45, 7) is 4.77. The second-order valence-corrected chi connectivity index (χ2v) is 9.03. The van der Waals surface area contributed by atoms with E-state index in [1.54, 1.807) is 0 Å². The molecule has 0 unspecified atom stereocenters. The maximum absolute atomic E-state index is 10.6. The first-order valence-corrected chi connectivity index (χ1v) is 11.7. The van der Waals surface area contributed by atoms with Crippen molar-refractivity contribution in [2.45, 2.75) is 50.9 Å².